The fourth-order valence-electron chi connectivity index (χ4n) is 3.51. The van der Waals surface area contributed by atoms with E-state index in [2.05, 4.69) is 10.3 Å². The van der Waals surface area contributed by atoms with Gasteiger partial charge in [0.1, 0.15) is 5.69 Å². The Balaban J connectivity index is 1.58. The predicted octanol–water partition coefficient (Wildman–Crippen LogP) is 1.62. The second-order valence-corrected chi connectivity index (χ2v) is 9.45. The molecular formula is C22H27N3O8S. The fourth-order valence-corrected chi connectivity index (χ4v) is 4.92. The molecule has 2 N–H and O–H groups in total. The van der Waals surface area contributed by atoms with Gasteiger partial charge in [0.25, 0.3) is 5.91 Å². The minimum absolute atomic E-state index is 0.106. The topological polar surface area (TPSA) is 144 Å². The highest BCUT2D eigenvalue weighted by atomic mass is 32.2. The number of carbonyl (C=O) groups is 3. The summed E-state index contributed by atoms with van der Waals surface area (Å²) >= 11 is 0. The second kappa shape index (κ2) is 10.8. The van der Waals surface area contributed by atoms with Crippen molar-refractivity contribution in [2.75, 3.05) is 44.8 Å². The van der Waals surface area contributed by atoms with Crippen LogP contribution in [0.25, 0.3) is 0 Å². The van der Waals surface area contributed by atoms with Gasteiger partial charge in [0.2, 0.25) is 10.0 Å². The maximum absolute atomic E-state index is 12.7. The van der Waals surface area contributed by atoms with E-state index in [1.165, 1.54) is 28.6 Å². The molecule has 3 rings (SSSR count). The van der Waals surface area contributed by atoms with Crippen LogP contribution in [0.4, 0.5) is 5.69 Å². The summed E-state index contributed by atoms with van der Waals surface area (Å²) in [6.45, 7) is 5.75. The van der Waals surface area contributed by atoms with Gasteiger partial charge >= 0.3 is 11.9 Å². The first kappa shape index (κ1) is 25.4. The summed E-state index contributed by atoms with van der Waals surface area (Å²) in [6.07, 6.45) is 0. The van der Waals surface area contributed by atoms with Gasteiger partial charge < -0.3 is 24.5 Å². The van der Waals surface area contributed by atoms with Crippen LogP contribution in [-0.2, 0) is 29.0 Å². The number of nitrogens with one attached hydrogen (secondary N) is 2. The molecule has 184 valence electrons. The zero-order valence-corrected chi connectivity index (χ0v) is 20.0. The average molecular weight is 494 g/mol. The number of carbonyl (C=O) groups excluding carboxylic acids is 3. The van der Waals surface area contributed by atoms with E-state index in [-0.39, 0.29) is 35.8 Å². The number of esters is 2. The van der Waals surface area contributed by atoms with Crippen molar-refractivity contribution in [1.29, 1.82) is 0 Å². The van der Waals surface area contributed by atoms with E-state index in [9.17, 15) is 22.8 Å². The Morgan fingerprint density at radius 1 is 1.06 bits per heavy atom. The van der Waals surface area contributed by atoms with Gasteiger partial charge in [0.15, 0.2) is 6.61 Å². The number of ether oxygens (including phenoxy) is 3. The third-order valence-electron chi connectivity index (χ3n) is 5.20. The van der Waals surface area contributed by atoms with Crippen molar-refractivity contribution in [1.82, 2.24) is 9.29 Å². The Kier molecular flexibility index (Phi) is 8.07. The van der Waals surface area contributed by atoms with Crippen LogP contribution >= 0.6 is 0 Å². The van der Waals surface area contributed by atoms with E-state index < -0.39 is 34.5 Å². The Bertz CT molecular complexity index is 1170. The molecule has 11 nitrogen and oxygen atoms in total. The van der Waals surface area contributed by atoms with Gasteiger partial charge in [0, 0.05) is 24.5 Å². The number of hydrogen-bond acceptors (Lipinski definition) is 8. The zero-order chi connectivity index (χ0) is 24.9. The number of H-pyrrole nitrogens is 1. The van der Waals surface area contributed by atoms with Crippen LogP contribution in [0.2, 0.25) is 0 Å². The smallest absolute Gasteiger partial charge is 0.355 e. The number of morpholine rings is 1. The molecule has 0 bridgehead atoms. The first-order chi connectivity index (χ1) is 16.1. The number of hydrogen-bond donors (Lipinski definition) is 2. The number of amides is 1. The molecule has 0 saturated carbocycles. The van der Waals surface area contributed by atoms with Crippen molar-refractivity contribution in [3.05, 3.63) is 46.8 Å². The molecule has 12 heteroatoms. The van der Waals surface area contributed by atoms with Crippen molar-refractivity contribution < 1.29 is 37.0 Å². The normalized spacial score (nSPS) is 14.4. The Hall–Kier alpha value is -3.22. The Morgan fingerprint density at radius 3 is 2.32 bits per heavy atom. The number of anilines is 1. The lowest BCUT2D eigenvalue weighted by molar-refractivity contribution is -0.119. The van der Waals surface area contributed by atoms with E-state index >= 15 is 0 Å². The molecule has 1 aliphatic heterocycles. The molecule has 0 radical (unpaired) electrons. The van der Waals surface area contributed by atoms with E-state index in [0.29, 0.717) is 30.2 Å². The van der Waals surface area contributed by atoms with Gasteiger partial charge in [-0.05, 0) is 50.6 Å². The fraction of sp³-hybridized carbons (Fsp3) is 0.409. The summed E-state index contributed by atoms with van der Waals surface area (Å²) in [6, 6.07) is 5.71. The minimum atomic E-state index is -3.64. The summed E-state index contributed by atoms with van der Waals surface area (Å²) in [5, 5.41) is 2.55. The maximum Gasteiger partial charge on any atom is 0.355 e. The molecule has 1 fully saturated rings. The largest absolute Gasteiger partial charge is 0.461 e. The van der Waals surface area contributed by atoms with E-state index in [4.69, 9.17) is 14.2 Å². The molecule has 0 atom stereocenters. The summed E-state index contributed by atoms with van der Waals surface area (Å²) in [5.74, 6) is -1.95. The molecule has 34 heavy (non-hydrogen) atoms. The van der Waals surface area contributed by atoms with Crippen LogP contribution in [0, 0.1) is 13.8 Å². The van der Waals surface area contributed by atoms with Crippen molar-refractivity contribution in [2.45, 2.75) is 25.7 Å². The highest BCUT2D eigenvalue weighted by Crippen LogP contribution is 2.21. The van der Waals surface area contributed by atoms with Crippen LogP contribution in [-0.4, -0.2) is 75.1 Å². The number of aryl methyl sites for hydroxylation is 1. The lowest BCUT2D eigenvalue weighted by Gasteiger charge is -2.26. The molecule has 1 aliphatic rings. The van der Waals surface area contributed by atoms with Crippen molar-refractivity contribution in [2.24, 2.45) is 0 Å². The van der Waals surface area contributed by atoms with Gasteiger partial charge in [-0.15, -0.1) is 0 Å². The molecular weight excluding hydrogens is 466 g/mol. The van der Waals surface area contributed by atoms with Crippen molar-refractivity contribution in [3.63, 3.8) is 0 Å². The van der Waals surface area contributed by atoms with E-state index in [0.717, 1.165) is 0 Å². The molecule has 1 aromatic heterocycles. The van der Waals surface area contributed by atoms with Crippen molar-refractivity contribution >= 4 is 33.6 Å². The third-order valence-corrected chi connectivity index (χ3v) is 7.11. The van der Waals surface area contributed by atoms with Gasteiger partial charge in [-0.25, -0.2) is 18.0 Å². The number of benzene rings is 1. The Labute approximate surface area is 197 Å². The van der Waals surface area contributed by atoms with Gasteiger partial charge in [-0.2, -0.15) is 4.31 Å². The van der Waals surface area contributed by atoms with Crippen LogP contribution in [0.5, 0.6) is 0 Å². The second-order valence-electron chi connectivity index (χ2n) is 7.51. The van der Waals surface area contributed by atoms with Crippen LogP contribution in [0.3, 0.4) is 0 Å². The van der Waals surface area contributed by atoms with E-state index in [1.807, 2.05) is 0 Å². The highest BCUT2D eigenvalue weighted by Gasteiger charge is 2.26. The standard InChI is InChI=1S/C22H27N3O8S/c1-4-32-22(28)20-14(2)19(15(3)23-20)21(27)33-13-18(26)24-16-5-7-17(8-6-16)34(29,30)25-9-11-31-12-10-25/h5-8,23H,4,9-13H2,1-3H3,(H,24,26). The predicted molar refractivity (Wildman–Crippen MR) is 121 cm³/mol. The number of nitrogens with zero attached hydrogens (tertiary/aromatic N) is 1. The lowest BCUT2D eigenvalue weighted by Crippen LogP contribution is -2.40. The minimum Gasteiger partial charge on any atom is -0.461 e. The van der Waals surface area contributed by atoms with Crippen LogP contribution in [0.15, 0.2) is 29.2 Å². The molecule has 1 amide bonds. The molecule has 2 aromatic rings. The summed E-state index contributed by atoms with van der Waals surface area (Å²) in [4.78, 5) is 39.6. The molecule has 2 heterocycles. The molecule has 0 spiro atoms. The lowest BCUT2D eigenvalue weighted by atomic mass is 10.1. The first-order valence-corrected chi connectivity index (χ1v) is 12.1. The third kappa shape index (κ3) is 5.64. The average Bonchev–Trinajstić information content (AvgIpc) is 3.12. The van der Waals surface area contributed by atoms with Crippen molar-refractivity contribution in [3.8, 4) is 0 Å². The van der Waals surface area contributed by atoms with Gasteiger partial charge in [-0.3, -0.25) is 4.79 Å². The zero-order valence-electron chi connectivity index (χ0n) is 19.2. The van der Waals surface area contributed by atoms with Crippen LogP contribution in [0.1, 0.15) is 39.0 Å². The molecule has 0 aliphatic carbocycles. The van der Waals surface area contributed by atoms with Gasteiger partial charge in [0.05, 0.1) is 30.3 Å². The maximum atomic E-state index is 12.7. The van der Waals surface area contributed by atoms with Gasteiger partial charge in [-0.1, -0.05) is 0 Å². The summed E-state index contributed by atoms with van der Waals surface area (Å²) in [5.41, 5.74) is 1.46. The number of sulfonamides is 1. The number of aromatic nitrogens is 1. The molecule has 1 aromatic carbocycles. The number of rotatable bonds is 8. The monoisotopic (exact) mass is 493 g/mol. The SMILES string of the molecule is CCOC(=O)c1[nH]c(C)c(C(=O)OCC(=O)Nc2ccc(S(=O)(=O)N3CCOCC3)cc2)c1C. The quantitative estimate of drug-likeness (QED) is 0.528. The summed E-state index contributed by atoms with van der Waals surface area (Å²) < 4.78 is 41.9. The first-order valence-electron chi connectivity index (χ1n) is 10.7. The number of aromatic amines is 1. The van der Waals surface area contributed by atoms with E-state index in [1.54, 1.807) is 20.8 Å². The van der Waals surface area contributed by atoms with Crippen LogP contribution < -0.4 is 5.32 Å². The highest BCUT2D eigenvalue weighted by molar-refractivity contribution is 7.89. The summed E-state index contributed by atoms with van der Waals surface area (Å²) in [7, 11) is -3.64. The Morgan fingerprint density at radius 2 is 1.71 bits per heavy atom. The molecule has 1 saturated heterocycles. The molecule has 0 unspecified atom stereocenters.